The molecular formula is C16H27IN4O4S. The van der Waals surface area contributed by atoms with Crippen molar-refractivity contribution in [2.24, 2.45) is 4.99 Å². The predicted octanol–water partition coefficient (Wildman–Crippen LogP) is 0.444. The van der Waals surface area contributed by atoms with Crippen molar-refractivity contribution in [2.45, 2.75) is 18.4 Å². The van der Waals surface area contributed by atoms with Crippen LogP contribution in [0.1, 0.15) is 11.1 Å². The minimum Gasteiger partial charge on any atom is -0.383 e. The fourth-order valence-electron chi connectivity index (χ4n) is 2.16. The van der Waals surface area contributed by atoms with E-state index in [0.29, 0.717) is 36.1 Å². The second-order valence-electron chi connectivity index (χ2n) is 5.49. The van der Waals surface area contributed by atoms with E-state index in [4.69, 9.17) is 4.74 Å². The fourth-order valence-corrected chi connectivity index (χ4v) is 3.12. The van der Waals surface area contributed by atoms with Crippen molar-refractivity contribution in [2.75, 3.05) is 40.1 Å². The maximum atomic E-state index is 11.6. The van der Waals surface area contributed by atoms with Crippen LogP contribution in [-0.4, -0.2) is 60.4 Å². The molecule has 0 heterocycles. The topological polar surface area (TPSA) is 109 Å². The number of guanidine groups is 1. The van der Waals surface area contributed by atoms with E-state index < -0.39 is 9.84 Å². The first-order chi connectivity index (χ1) is 11.8. The number of sulfone groups is 1. The number of carbonyl (C=O) groups is 1. The van der Waals surface area contributed by atoms with Gasteiger partial charge in [0.05, 0.1) is 18.0 Å². The lowest BCUT2D eigenvalue weighted by Gasteiger charge is -2.13. The normalized spacial score (nSPS) is 11.5. The zero-order chi connectivity index (χ0) is 18.9. The number of halogens is 1. The highest BCUT2D eigenvalue weighted by molar-refractivity contribution is 14.0. The second-order valence-corrected chi connectivity index (χ2v) is 7.48. The van der Waals surface area contributed by atoms with Gasteiger partial charge in [0.1, 0.15) is 0 Å². The van der Waals surface area contributed by atoms with Crippen LogP contribution >= 0.6 is 24.0 Å². The number of ether oxygens (including phenoxy) is 1. The van der Waals surface area contributed by atoms with Crippen LogP contribution in [0.25, 0.3) is 0 Å². The molecule has 0 saturated heterocycles. The van der Waals surface area contributed by atoms with Crippen molar-refractivity contribution in [1.29, 1.82) is 0 Å². The van der Waals surface area contributed by atoms with Crippen molar-refractivity contribution in [3.05, 3.63) is 29.3 Å². The third kappa shape index (κ3) is 8.81. The summed E-state index contributed by atoms with van der Waals surface area (Å²) >= 11 is 0. The van der Waals surface area contributed by atoms with Gasteiger partial charge in [-0.3, -0.25) is 9.79 Å². The van der Waals surface area contributed by atoms with Crippen molar-refractivity contribution in [1.82, 2.24) is 16.0 Å². The lowest BCUT2D eigenvalue weighted by Crippen LogP contribution is -2.43. The Kier molecular flexibility index (Phi) is 11.4. The first-order valence-electron chi connectivity index (χ1n) is 7.77. The Bertz CT molecular complexity index is 723. The molecule has 0 bridgehead atoms. The number of nitrogens with one attached hydrogen (secondary N) is 3. The number of carbonyl (C=O) groups excluding carboxylic acids is 1. The summed E-state index contributed by atoms with van der Waals surface area (Å²) in [5.41, 5.74) is 1.61. The van der Waals surface area contributed by atoms with Crippen molar-refractivity contribution in [3.8, 4) is 0 Å². The molecule has 0 spiro atoms. The molecule has 0 aliphatic heterocycles. The Labute approximate surface area is 172 Å². The summed E-state index contributed by atoms with van der Waals surface area (Å²) in [6, 6.07) is 5.16. The lowest BCUT2D eigenvalue weighted by atomic mass is 10.1. The Morgan fingerprint density at radius 3 is 2.46 bits per heavy atom. The average molecular weight is 498 g/mol. The van der Waals surface area contributed by atoms with Crippen molar-refractivity contribution >= 4 is 45.7 Å². The summed E-state index contributed by atoms with van der Waals surface area (Å²) in [6.45, 7) is 3.22. The number of rotatable bonds is 8. The van der Waals surface area contributed by atoms with Crippen LogP contribution in [0.2, 0.25) is 0 Å². The molecule has 0 aliphatic carbocycles. The van der Waals surface area contributed by atoms with E-state index >= 15 is 0 Å². The van der Waals surface area contributed by atoms with E-state index in [9.17, 15) is 13.2 Å². The van der Waals surface area contributed by atoms with Gasteiger partial charge in [-0.05, 0) is 24.1 Å². The van der Waals surface area contributed by atoms with Gasteiger partial charge >= 0.3 is 0 Å². The van der Waals surface area contributed by atoms with Crippen LogP contribution < -0.4 is 16.0 Å². The number of nitrogens with zero attached hydrogens (tertiary/aromatic N) is 1. The average Bonchev–Trinajstić information content (AvgIpc) is 2.54. The molecule has 0 atom stereocenters. The number of aliphatic imine (C=N–C) groups is 1. The summed E-state index contributed by atoms with van der Waals surface area (Å²) in [6.07, 6.45) is 1.19. The van der Waals surface area contributed by atoms with Gasteiger partial charge in [0.2, 0.25) is 5.91 Å². The first-order valence-corrected chi connectivity index (χ1v) is 9.66. The quantitative estimate of drug-likeness (QED) is 0.208. The molecule has 1 aromatic rings. The van der Waals surface area contributed by atoms with Gasteiger partial charge in [-0.2, -0.15) is 0 Å². The Morgan fingerprint density at radius 2 is 1.92 bits per heavy atom. The maximum Gasteiger partial charge on any atom is 0.239 e. The van der Waals surface area contributed by atoms with Crippen molar-refractivity contribution in [3.63, 3.8) is 0 Å². The van der Waals surface area contributed by atoms with Gasteiger partial charge < -0.3 is 20.7 Å². The highest BCUT2D eigenvalue weighted by atomic mass is 127. The summed E-state index contributed by atoms with van der Waals surface area (Å²) in [5.74, 6) is 0.320. The second kappa shape index (κ2) is 12.1. The molecule has 0 saturated carbocycles. The van der Waals surface area contributed by atoms with Gasteiger partial charge in [-0.25, -0.2) is 8.42 Å². The van der Waals surface area contributed by atoms with Crippen LogP contribution in [0.5, 0.6) is 0 Å². The van der Waals surface area contributed by atoms with E-state index in [-0.39, 0.29) is 36.4 Å². The molecule has 1 rings (SSSR count). The van der Waals surface area contributed by atoms with Crippen LogP contribution in [0.3, 0.4) is 0 Å². The molecule has 148 valence electrons. The smallest absolute Gasteiger partial charge is 0.239 e. The predicted molar refractivity (Wildman–Crippen MR) is 113 cm³/mol. The third-order valence-corrected chi connectivity index (χ3v) is 4.62. The molecule has 1 amide bonds. The SMILES string of the molecule is CN=C(NCC(=O)NCCOC)NCc1ccc(S(C)(=O)=O)c(C)c1.I. The van der Waals surface area contributed by atoms with Gasteiger partial charge in [0.15, 0.2) is 15.8 Å². The van der Waals surface area contributed by atoms with Gasteiger partial charge in [0, 0.05) is 33.5 Å². The molecule has 8 nitrogen and oxygen atoms in total. The van der Waals surface area contributed by atoms with Crippen LogP contribution in [0, 0.1) is 6.92 Å². The van der Waals surface area contributed by atoms with Crippen LogP contribution in [-0.2, 0) is 25.9 Å². The number of hydrogen-bond acceptors (Lipinski definition) is 5. The molecule has 3 N–H and O–H groups in total. The Hall–Kier alpha value is -1.40. The largest absolute Gasteiger partial charge is 0.383 e. The zero-order valence-electron chi connectivity index (χ0n) is 15.5. The van der Waals surface area contributed by atoms with E-state index in [1.54, 1.807) is 33.2 Å². The standard InChI is InChI=1S/C16H26N4O4S.HI/c1-12-9-13(5-6-14(12)25(4,22)23)10-19-16(17-2)20-11-15(21)18-7-8-24-3;/h5-6,9H,7-8,10-11H2,1-4H3,(H,18,21)(H2,17,19,20);1H. The highest BCUT2D eigenvalue weighted by Crippen LogP contribution is 2.16. The fraction of sp³-hybridized carbons (Fsp3) is 0.500. The molecule has 1 aromatic carbocycles. The Morgan fingerprint density at radius 1 is 1.23 bits per heavy atom. The van der Waals surface area contributed by atoms with Crippen LogP contribution in [0.4, 0.5) is 0 Å². The monoisotopic (exact) mass is 498 g/mol. The summed E-state index contributed by atoms with van der Waals surface area (Å²) in [5, 5.41) is 8.68. The minimum absolute atomic E-state index is 0. The molecule has 0 fully saturated rings. The van der Waals surface area contributed by atoms with Crippen molar-refractivity contribution < 1.29 is 17.9 Å². The Balaban J connectivity index is 0.00000625. The number of hydrogen-bond donors (Lipinski definition) is 3. The van der Waals surface area contributed by atoms with Gasteiger partial charge in [-0.15, -0.1) is 24.0 Å². The molecular weight excluding hydrogens is 471 g/mol. The number of methoxy groups -OCH3 is 1. The molecule has 0 aliphatic rings. The number of amides is 1. The first kappa shape index (κ1) is 24.6. The maximum absolute atomic E-state index is 11.6. The minimum atomic E-state index is -3.22. The third-order valence-electron chi connectivity index (χ3n) is 3.37. The number of aryl methyl sites for hydroxylation is 1. The molecule has 10 heteroatoms. The molecule has 0 radical (unpaired) electrons. The van der Waals surface area contributed by atoms with E-state index in [1.165, 1.54) is 6.26 Å². The highest BCUT2D eigenvalue weighted by Gasteiger charge is 2.11. The van der Waals surface area contributed by atoms with E-state index in [2.05, 4.69) is 20.9 Å². The zero-order valence-corrected chi connectivity index (χ0v) is 18.6. The van der Waals surface area contributed by atoms with Gasteiger partial charge in [-0.1, -0.05) is 12.1 Å². The van der Waals surface area contributed by atoms with E-state index in [0.717, 1.165) is 5.56 Å². The number of benzene rings is 1. The summed E-state index contributed by atoms with van der Waals surface area (Å²) in [7, 11) is -0.0468. The molecule has 0 aromatic heterocycles. The lowest BCUT2D eigenvalue weighted by molar-refractivity contribution is -0.120. The van der Waals surface area contributed by atoms with Crippen LogP contribution in [0.15, 0.2) is 28.1 Å². The molecule has 26 heavy (non-hydrogen) atoms. The summed E-state index contributed by atoms with van der Waals surface area (Å²) < 4.78 is 28.1. The summed E-state index contributed by atoms with van der Waals surface area (Å²) in [4.78, 5) is 16.0. The van der Waals surface area contributed by atoms with E-state index in [1.807, 2.05) is 6.07 Å². The molecule has 0 unspecified atom stereocenters. The van der Waals surface area contributed by atoms with Gasteiger partial charge in [0.25, 0.3) is 0 Å².